The molecule has 2 rings (SSSR count). The van der Waals surface area contributed by atoms with Gasteiger partial charge in [0.1, 0.15) is 0 Å². The van der Waals surface area contributed by atoms with E-state index >= 15 is 0 Å². The molecule has 21 heavy (non-hydrogen) atoms. The van der Waals surface area contributed by atoms with E-state index in [1.165, 1.54) is 14.2 Å². The number of anilines is 1. The highest BCUT2D eigenvalue weighted by atomic mass is 127. The average Bonchev–Trinajstić information content (AvgIpc) is 2.49. The quantitative estimate of drug-likeness (QED) is 0.758. The monoisotopic (exact) mass is 417 g/mol. The third kappa shape index (κ3) is 3.59. The van der Waals surface area contributed by atoms with Crippen LogP contribution >= 0.6 is 34.2 Å². The molecule has 0 fully saturated rings. The first-order chi connectivity index (χ1) is 10.1. The lowest BCUT2D eigenvalue weighted by molar-refractivity contribution is 0.102. The van der Waals surface area contributed by atoms with Gasteiger partial charge in [-0.2, -0.15) is 0 Å². The summed E-state index contributed by atoms with van der Waals surface area (Å²) in [4.78, 5) is 12.4. The van der Waals surface area contributed by atoms with Crippen molar-refractivity contribution in [1.82, 2.24) is 0 Å². The van der Waals surface area contributed by atoms with E-state index in [1.807, 2.05) is 0 Å². The molecular weight excluding hydrogens is 405 g/mol. The van der Waals surface area contributed by atoms with Gasteiger partial charge in [-0.1, -0.05) is 17.7 Å². The molecular formula is C15H13ClINO3. The summed E-state index contributed by atoms with van der Waals surface area (Å²) in [5.41, 5.74) is 1.09. The number of ether oxygens (including phenoxy) is 2. The highest BCUT2D eigenvalue weighted by molar-refractivity contribution is 14.1. The lowest BCUT2D eigenvalue weighted by Gasteiger charge is -2.13. The highest BCUT2D eigenvalue weighted by Gasteiger charge is 2.17. The molecule has 1 amide bonds. The van der Waals surface area contributed by atoms with Crippen molar-refractivity contribution >= 4 is 45.8 Å². The summed E-state index contributed by atoms with van der Waals surface area (Å²) in [6, 6.07) is 10.4. The van der Waals surface area contributed by atoms with E-state index in [-0.39, 0.29) is 5.91 Å². The van der Waals surface area contributed by atoms with Crippen LogP contribution in [0.4, 0.5) is 5.69 Å². The maximum atomic E-state index is 12.4. The van der Waals surface area contributed by atoms with Gasteiger partial charge in [-0.05, 0) is 52.9 Å². The lowest BCUT2D eigenvalue weighted by atomic mass is 10.1. The Morgan fingerprint density at radius 1 is 1.19 bits per heavy atom. The number of amides is 1. The van der Waals surface area contributed by atoms with Crippen LogP contribution in [0.15, 0.2) is 36.4 Å². The first-order valence-corrected chi connectivity index (χ1v) is 7.50. The lowest BCUT2D eigenvalue weighted by Crippen LogP contribution is -2.14. The summed E-state index contributed by atoms with van der Waals surface area (Å²) >= 11 is 8.02. The summed E-state index contributed by atoms with van der Waals surface area (Å²) in [6.07, 6.45) is 0. The molecule has 0 aliphatic heterocycles. The molecule has 0 bridgehead atoms. The molecule has 2 aromatic rings. The second kappa shape index (κ2) is 7.00. The minimum Gasteiger partial charge on any atom is -0.493 e. The summed E-state index contributed by atoms with van der Waals surface area (Å²) in [5.74, 6) is 0.642. The van der Waals surface area contributed by atoms with Gasteiger partial charge < -0.3 is 14.8 Å². The molecule has 0 aliphatic rings. The number of rotatable bonds is 4. The van der Waals surface area contributed by atoms with Crippen molar-refractivity contribution in [3.05, 3.63) is 50.6 Å². The van der Waals surface area contributed by atoms with Crippen molar-refractivity contribution in [2.75, 3.05) is 19.5 Å². The largest absolute Gasteiger partial charge is 0.493 e. The van der Waals surface area contributed by atoms with Crippen LogP contribution in [0.25, 0.3) is 0 Å². The van der Waals surface area contributed by atoms with Gasteiger partial charge in [-0.15, -0.1) is 0 Å². The van der Waals surface area contributed by atoms with Crippen molar-refractivity contribution in [3.63, 3.8) is 0 Å². The maximum absolute atomic E-state index is 12.4. The summed E-state index contributed by atoms with van der Waals surface area (Å²) in [7, 11) is 3.03. The standard InChI is InChI=1S/C15H13ClINO3/c1-20-13-5-3-4-10(14(13)21-2)15(19)18-12-7-6-9(16)8-11(12)17/h3-8H,1-2H3,(H,18,19). The van der Waals surface area contributed by atoms with Gasteiger partial charge in [0.15, 0.2) is 11.5 Å². The van der Waals surface area contributed by atoms with Gasteiger partial charge in [-0.3, -0.25) is 4.79 Å². The number of nitrogens with one attached hydrogen (secondary N) is 1. The zero-order valence-corrected chi connectivity index (χ0v) is 14.4. The number of benzene rings is 2. The molecule has 0 saturated heterocycles. The van der Waals surface area contributed by atoms with Crippen LogP contribution in [0.2, 0.25) is 5.02 Å². The number of carbonyl (C=O) groups excluding carboxylic acids is 1. The van der Waals surface area contributed by atoms with E-state index in [9.17, 15) is 4.79 Å². The van der Waals surface area contributed by atoms with Crippen LogP contribution < -0.4 is 14.8 Å². The molecule has 0 saturated carbocycles. The molecule has 6 heteroatoms. The smallest absolute Gasteiger partial charge is 0.259 e. The Labute approximate surface area is 141 Å². The SMILES string of the molecule is COc1cccc(C(=O)Nc2ccc(Cl)cc2I)c1OC. The summed E-state index contributed by atoms with van der Waals surface area (Å²) in [6.45, 7) is 0. The van der Waals surface area contributed by atoms with Crippen LogP contribution in [0, 0.1) is 3.57 Å². The number of hydrogen-bond donors (Lipinski definition) is 1. The molecule has 0 heterocycles. The van der Waals surface area contributed by atoms with Crippen LogP contribution in [0.5, 0.6) is 11.5 Å². The predicted molar refractivity (Wildman–Crippen MR) is 91.7 cm³/mol. The normalized spacial score (nSPS) is 10.1. The van der Waals surface area contributed by atoms with Gasteiger partial charge in [0.05, 0.1) is 25.5 Å². The maximum Gasteiger partial charge on any atom is 0.259 e. The molecule has 0 atom stereocenters. The Bertz CT molecular complexity index is 676. The fraction of sp³-hybridized carbons (Fsp3) is 0.133. The fourth-order valence-electron chi connectivity index (χ4n) is 1.85. The third-order valence-electron chi connectivity index (χ3n) is 2.83. The Balaban J connectivity index is 2.32. The van der Waals surface area contributed by atoms with Crippen LogP contribution in [0.1, 0.15) is 10.4 Å². The van der Waals surface area contributed by atoms with Gasteiger partial charge in [0.2, 0.25) is 0 Å². The second-order valence-electron chi connectivity index (χ2n) is 4.12. The average molecular weight is 418 g/mol. The number of methoxy groups -OCH3 is 2. The Kier molecular flexibility index (Phi) is 5.30. The minimum atomic E-state index is -0.272. The fourth-order valence-corrected chi connectivity index (χ4v) is 2.85. The zero-order chi connectivity index (χ0) is 15.4. The highest BCUT2D eigenvalue weighted by Crippen LogP contribution is 2.31. The molecule has 110 valence electrons. The molecule has 0 radical (unpaired) electrons. The van der Waals surface area contributed by atoms with Crippen molar-refractivity contribution in [3.8, 4) is 11.5 Å². The molecule has 0 aliphatic carbocycles. The first kappa shape index (κ1) is 15.9. The molecule has 4 nitrogen and oxygen atoms in total. The predicted octanol–water partition coefficient (Wildman–Crippen LogP) is 4.21. The Hall–Kier alpha value is -1.47. The van der Waals surface area contributed by atoms with E-state index in [1.54, 1.807) is 36.4 Å². The summed E-state index contributed by atoms with van der Waals surface area (Å²) < 4.78 is 11.3. The van der Waals surface area contributed by atoms with E-state index < -0.39 is 0 Å². The third-order valence-corrected chi connectivity index (χ3v) is 3.95. The van der Waals surface area contributed by atoms with Gasteiger partial charge >= 0.3 is 0 Å². The summed E-state index contributed by atoms with van der Waals surface area (Å²) in [5, 5.41) is 3.46. The minimum absolute atomic E-state index is 0.272. The van der Waals surface area contributed by atoms with Crippen LogP contribution in [-0.4, -0.2) is 20.1 Å². The number of para-hydroxylation sites is 1. The van der Waals surface area contributed by atoms with Gasteiger partial charge in [0, 0.05) is 8.59 Å². The molecule has 0 unspecified atom stereocenters. The second-order valence-corrected chi connectivity index (χ2v) is 5.72. The Morgan fingerprint density at radius 3 is 2.57 bits per heavy atom. The van der Waals surface area contributed by atoms with E-state index in [2.05, 4.69) is 27.9 Å². The van der Waals surface area contributed by atoms with Crippen molar-refractivity contribution in [2.45, 2.75) is 0 Å². The van der Waals surface area contributed by atoms with Gasteiger partial charge in [0.25, 0.3) is 5.91 Å². The number of carbonyl (C=O) groups is 1. The van der Waals surface area contributed by atoms with Crippen molar-refractivity contribution in [2.24, 2.45) is 0 Å². The van der Waals surface area contributed by atoms with E-state index in [0.29, 0.717) is 27.8 Å². The molecule has 2 aromatic carbocycles. The van der Waals surface area contributed by atoms with Gasteiger partial charge in [-0.25, -0.2) is 0 Å². The zero-order valence-electron chi connectivity index (χ0n) is 11.4. The van der Waals surface area contributed by atoms with Crippen LogP contribution in [-0.2, 0) is 0 Å². The molecule has 1 N–H and O–H groups in total. The number of halogens is 2. The van der Waals surface area contributed by atoms with Crippen molar-refractivity contribution < 1.29 is 14.3 Å². The topological polar surface area (TPSA) is 47.6 Å². The first-order valence-electron chi connectivity index (χ1n) is 6.04. The van der Waals surface area contributed by atoms with Crippen LogP contribution in [0.3, 0.4) is 0 Å². The molecule has 0 spiro atoms. The van der Waals surface area contributed by atoms with Crippen molar-refractivity contribution in [1.29, 1.82) is 0 Å². The molecule has 0 aromatic heterocycles. The van der Waals surface area contributed by atoms with E-state index in [0.717, 1.165) is 3.57 Å². The number of hydrogen-bond acceptors (Lipinski definition) is 3. The van der Waals surface area contributed by atoms with E-state index in [4.69, 9.17) is 21.1 Å². The Morgan fingerprint density at radius 2 is 1.95 bits per heavy atom.